The summed E-state index contributed by atoms with van der Waals surface area (Å²) in [6.45, 7) is 7.13. The second-order valence-electron chi connectivity index (χ2n) is 6.68. The molecule has 2 heterocycles. The number of halogens is 1. The Bertz CT molecular complexity index is 847. The Balaban J connectivity index is 1.65. The molecular weight excluding hydrogens is 374 g/mol. The first-order chi connectivity index (χ1) is 12.4. The normalized spacial score (nSPS) is 17.3. The average Bonchev–Trinajstić information content (AvgIpc) is 2.79. The maximum absolute atomic E-state index is 12.8. The molecule has 1 saturated heterocycles. The molecule has 0 radical (unpaired) electrons. The Morgan fingerprint density at radius 1 is 1.15 bits per heavy atom. The van der Waals surface area contributed by atoms with E-state index in [0.717, 1.165) is 36.5 Å². The van der Waals surface area contributed by atoms with E-state index in [1.807, 2.05) is 19.9 Å². The smallest absolute Gasteiger partial charge is 0.218 e. The van der Waals surface area contributed by atoms with Gasteiger partial charge in [-0.1, -0.05) is 35.0 Å². The van der Waals surface area contributed by atoms with Crippen LogP contribution in [0, 0.1) is 13.8 Å². The van der Waals surface area contributed by atoms with Gasteiger partial charge in [-0.15, -0.1) is 0 Å². The van der Waals surface area contributed by atoms with Crippen molar-refractivity contribution in [3.05, 3.63) is 51.9 Å². The molecule has 0 unspecified atom stereocenters. The van der Waals surface area contributed by atoms with E-state index >= 15 is 0 Å². The SMILES string of the molecule is Cc1noc(C)c1CN1CCCN(S(=O)(=O)Cc2ccccc2Cl)CC1. The lowest BCUT2D eigenvalue weighted by Crippen LogP contribution is -2.36. The van der Waals surface area contributed by atoms with Crippen LogP contribution in [-0.4, -0.2) is 49.0 Å². The van der Waals surface area contributed by atoms with Crippen LogP contribution in [0.1, 0.15) is 29.0 Å². The van der Waals surface area contributed by atoms with Gasteiger partial charge in [0.1, 0.15) is 5.76 Å². The standard InChI is InChI=1S/C18H24ClN3O3S/c1-14-17(15(2)25-20-14)12-21-8-5-9-22(11-10-21)26(23,24)13-16-6-3-4-7-18(16)19/h3-4,6-7H,5,8-13H2,1-2H3. The molecule has 3 rings (SSSR count). The molecule has 1 fully saturated rings. The predicted octanol–water partition coefficient (Wildman–Crippen LogP) is 2.98. The number of benzene rings is 1. The van der Waals surface area contributed by atoms with Crippen LogP contribution in [0.4, 0.5) is 0 Å². The summed E-state index contributed by atoms with van der Waals surface area (Å²) in [6.07, 6.45) is 0.797. The van der Waals surface area contributed by atoms with Crippen molar-refractivity contribution in [2.75, 3.05) is 26.2 Å². The van der Waals surface area contributed by atoms with Crippen molar-refractivity contribution in [3.63, 3.8) is 0 Å². The van der Waals surface area contributed by atoms with Crippen LogP contribution >= 0.6 is 11.6 Å². The largest absolute Gasteiger partial charge is 0.361 e. The first-order valence-corrected chi connectivity index (χ1v) is 10.7. The highest BCUT2D eigenvalue weighted by atomic mass is 35.5. The van der Waals surface area contributed by atoms with Crippen LogP contribution in [0.3, 0.4) is 0 Å². The van der Waals surface area contributed by atoms with Gasteiger partial charge in [-0.3, -0.25) is 4.90 Å². The van der Waals surface area contributed by atoms with Gasteiger partial charge in [-0.2, -0.15) is 0 Å². The summed E-state index contributed by atoms with van der Waals surface area (Å²) in [5, 5.41) is 4.49. The Labute approximate surface area is 159 Å². The molecule has 142 valence electrons. The van der Waals surface area contributed by atoms with Gasteiger partial charge in [0, 0.05) is 36.8 Å². The minimum absolute atomic E-state index is 0.0590. The summed E-state index contributed by atoms with van der Waals surface area (Å²) in [4.78, 5) is 2.26. The molecule has 2 aromatic rings. The van der Waals surface area contributed by atoms with Gasteiger partial charge in [0.15, 0.2) is 0 Å². The molecule has 0 saturated carbocycles. The van der Waals surface area contributed by atoms with Crippen LogP contribution in [0.25, 0.3) is 0 Å². The molecule has 0 N–H and O–H groups in total. The highest BCUT2D eigenvalue weighted by Crippen LogP contribution is 2.21. The second-order valence-corrected chi connectivity index (χ2v) is 9.06. The number of aryl methyl sites for hydroxylation is 2. The van der Waals surface area contributed by atoms with Crippen LogP contribution in [0.15, 0.2) is 28.8 Å². The lowest BCUT2D eigenvalue weighted by atomic mass is 10.2. The molecule has 1 aromatic heterocycles. The zero-order chi connectivity index (χ0) is 18.7. The summed E-state index contributed by atoms with van der Waals surface area (Å²) in [6, 6.07) is 7.10. The average molecular weight is 398 g/mol. The van der Waals surface area contributed by atoms with Crippen LogP contribution in [0.5, 0.6) is 0 Å². The molecule has 1 aliphatic heterocycles. The molecular formula is C18H24ClN3O3S. The molecule has 0 spiro atoms. The van der Waals surface area contributed by atoms with E-state index in [-0.39, 0.29) is 5.75 Å². The van der Waals surface area contributed by atoms with Crippen molar-refractivity contribution in [2.45, 2.75) is 32.6 Å². The van der Waals surface area contributed by atoms with Gasteiger partial charge in [0.2, 0.25) is 10.0 Å². The van der Waals surface area contributed by atoms with Crippen molar-refractivity contribution >= 4 is 21.6 Å². The molecule has 1 aromatic carbocycles. The van der Waals surface area contributed by atoms with Crippen LogP contribution < -0.4 is 0 Å². The van der Waals surface area contributed by atoms with Crippen LogP contribution in [0.2, 0.25) is 5.02 Å². The van der Waals surface area contributed by atoms with E-state index in [0.29, 0.717) is 30.2 Å². The summed E-state index contributed by atoms with van der Waals surface area (Å²) < 4.78 is 32.4. The number of aromatic nitrogens is 1. The number of hydrogen-bond donors (Lipinski definition) is 0. The lowest BCUT2D eigenvalue weighted by molar-refractivity contribution is 0.276. The number of sulfonamides is 1. The van der Waals surface area contributed by atoms with Crippen molar-refractivity contribution in [3.8, 4) is 0 Å². The van der Waals surface area contributed by atoms with Crippen molar-refractivity contribution in [2.24, 2.45) is 0 Å². The highest BCUT2D eigenvalue weighted by Gasteiger charge is 2.26. The van der Waals surface area contributed by atoms with Gasteiger partial charge in [0.25, 0.3) is 0 Å². The monoisotopic (exact) mass is 397 g/mol. The summed E-state index contributed by atoms with van der Waals surface area (Å²) >= 11 is 6.13. The summed E-state index contributed by atoms with van der Waals surface area (Å²) in [7, 11) is -3.39. The third kappa shape index (κ3) is 4.46. The Morgan fingerprint density at radius 3 is 2.62 bits per heavy atom. The molecule has 8 heteroatoms. The first kappa shape index (κ1) is 19.4. The zero-order valence-corrected chi connectivity index (χ0v) is 16.7. The van der Waals surface area contributed by atoms with Crippen molar-refractivity contribution in [1.29, 1.82) is 0 Å². The predicted molar refractivity (Wildman–Crippen MR) is 102 cm³/mol. The van der Waals surface area contributed by atoms with E-state index in [4.69, 9.17) is 16.1 Å². The molecule has 26 heavy (non-hydrogen) atoms. The molecule has 0 bridgehead atoms. The second kappa shape index (κ2) is 8.08. The van der Waals surface area contributed by atoms with Gasteiger partial charge in [0.05, 0.1) is 11.4 Å². The molecule has 1 aliphatic rings. The minimum Gasteiger partial charge on any atom is -0.361 e. The Kier molecular flexibility index (Phi) is 6.02. The Hall–Kier alpha value is -1.41. The zero-order valence-electron chi connectivity index (χ0n) is 15.1. The fourth-order valence-corrected chi connectivity index (χ4v) is 5.11. The fourth-order valence-electron chi connectivity index (χ4n) is 3.24. The maximum atomic E-state index is 12.8. The third-order valence-corrected chi connectivity index (χ3v) is 7.00. The topological polar surface area (TPSA) is 66.7 Å². The van der Waals surface area contributed by atoms with E-state index in [1.165, 1.54) is 0 Å². The molecule has 6 nitrogen and oxygen atoms in total. The van der Waals surface area contributed by atoms with Crippen molar-refractivity contribution in [1.82, 2.24) is 14.4 Å². The van der Waals surface area contributed by atoms with E-state index in [2.05, 4.69) is 10.1 Å². The van der Waals surface area contributed by atoms with Crippen LogP contribution in [-0.2, 0) is 22.3 Å². The van der Waals surface area contributed by atoms with Gasteiger partial charge >= 0.3 is 0 Å². The first-order valence-electron chi connectivity index (χ1n) is 8.72. The molecule has 0 aliphatic carbocycles. The Morgan fingerprint density at radius 2 is 1.92 bits per heavy atom. The number of hydrogen-bond acceptors (Lipinski definition) is 5. The van der Waals surface area contributed by atoms with Gasteiger partial charge in [-0.05, 0) is 38.4 Å². The molecule has 0 amide bonds. The number of nitrogens with zero attached hydrogens (tertiary/aromatic N) is 3. The quantitative estimate of drug-likeness (QED) is 0.775. The highest BCUT2D eigenvalue weighted by molar-refractivity contribution is 7.88. The van der Waals surface area contributed by atoms with Gasteiger partial charge < -0.3 is 4.52 Å². The minimum atomic E-state index is -3.39. The third-order valence-electron chi connectivity index (χ3n) is 4.80. The summed E-state index contributed by atoms with van der Waals surface area (Å²) in [5.41, 5.74) is 2.64. The van der Waals surface area contributed by atoms with E-state index in [1.54, 1.807) is 22.5 Å². The van der Waals surface area contributed by atoms with Crippen molar-refractivity contribution < 1.29 is 12.9 Å². The molecule has 0 atom stereocenters. The summed E-state index contributed by atoms with van der Waals surface area (Å²) in [5.74, 6) is 0.770. The lowest BCUT2D eigenvalue weighted by Gasteiger charge is -2.22. The maximum Gasteiger partial charge on any atom is 0.218 e. The van der Waals surface area contributed by atoms with E-state index < -0.39 is 10.0 Å². The van der Waals surface area contributed by atoms with Gasteiger partial charge in [-0.25, -0.2) is 12.7 Å². The number of rotatable bonds is 5. The fraction of sp³-hybridized carbons (Fsp3) is 0.500. The van der Waals surface area contributed by atoms with E-state index in [9.17, 15) is 8.42 Å².